The van der Waals surface area contributed by atoms with Gasteiger partial charge in [0, 0.05) is 6.08 Å². The summed E-state index contributed by atoms with van der Waals surface area (Å²) in [6, 6.07) is 17.1. The highest BCUT2D eigenvalue weighted by molar-refractivity contribution is 5.81. The number of esters is 1. The highest BCUT2D eigenvalue weighted by atomic mass is 16.6. The second-order valence-corrected chi connectivity index (χ2v) is 4.98. The number of hydrogen-bond acceptors (Lipinski definition) is 4. The zero-order chi connectivity index (χ0) is 16.7. The quantitative estimate of drug-likeness (QED) is 0.603. The van der Waals surface area contributed by atoms with Crippen LogP contribution in [0.3, 0.4) is 0 Å². The molecule has 0 saturated heterocycles. The summed E-state index contributed by atoms with van der Waals surface area (Å²) >= 11 is 0. The van der Waals surface area contributed by atoms with Gasteiger partial charge < -0.3 is 9.47 Å². The number of nitrogens with zero attached hydrogens (tertiary/aromatic N) is 1. The molecular formula is C19H17NO3. The van der Waals surface area contributed by atoms with Crippen LogP contribution in [-0.2, 0) is 9.53 Å². The predicted octanol–water partition coefficient (Wildman–Crippen LogP) is 3.72. The maximum absolute atomic E-state index is 11.0. The summed E-state index contributed by atoms with van der Waals surface area (Å²) in [5, 5.41) is 8.81. The fourth-order valence-electron chi connectivity index (χ4n) is 1.99. The summed E-state index contributed by atoms with van der Waals surface area (Å²) in [4.78, 5) is 11.0. The first-order valence-corrected chi connectivity index (χ1v) is 7.19. The van der Waals surface area contributed by atoms with Crippen molar-refractivity contribution in [1.29, 1.82) is 5.26 Å². The molecule has 0 spiro atoms. The summed E-state index contributed by atoms with van der Waals surface area (Å²) in [5.74, 6) is 0.237. The average molecular weight is 307 g/mol. The number of hydrogen-bond donors (Lipinski definition) is 0. The molecule has 0 aliphatic rings. The fraction of sp³-hybridized carbons (Fsp3) is 0.158. The lowest BCUT2D eigenvalue weighted by Crippen LogP contribution is -2.20. The van der Waals surface area contributed by atoms with Crippen LogP contribution in [0.1, 0.15) is 12.5 Å². The van der Waals surface area contributed by atoms with Crippen molar-refractivity contribution in [3.63, 3.8) is 0 Å². The number of carbonyl (C=O) groups is 1. The first kappa shape index (κ1) is 16.3. The van der Waals surface area contributed by atoms with E-state index >= 15 is 0 Å². The van der Waals surface area contributed by atoms with Crippen LogP contribution in [0.2, 0.25) is 0 Å². The van der Waals surface area contributed by atoms with Crippen molar-refractivity contribution in [2.45, 2.75) is 13.0 Å². The Morgan fingerprint density at radius 3 is 2.26 bits per heavy atom. The zero-order valence-corrected chi connectivity index (χ0v) is 12.9. The second kappa shape index (κ2) is 7.81. The molecule has 0 amide bonds. The largest absolute Gasteiger partial charge is 0.487 e. The molecule has 0 aliphatic heterocycles. The van der Waals surface area contributed by atoms with Gasteiger partial charge in [0.25, 0.3) is 0 Å². The maximum atomic E-state index is 11.0. The molecular weight excluding hydrogens is 290 g/mol. The predicted molar refractivity (Wildman–Crippen MR) is 87.8 cm³/mol. The van der Waals surface area contributed by atoms with Crippen molar-refractivity contribution in [3.05, 3.63) is 66.7 Å². The Kier molecular flexibility index (Phi) is 5.54. The minimum atomic E-state index is -0.461. The lowest BCUT2D eigenvalue weighted by atomic mass is 10.0. The van der Waals surface area contributed by atoms with Crippen molar-refractivity contribution in [3.8, 4) is 22.9 Å². The molecule has 116 valence electrons. The summed E-state index contributed by atoms with van der Waals surface area (Å²) in [7, 11) is 0. The zero-order valence-electron chi connectivity index (χ0n) is 12.9. The van der Waals surface area contributed by atoms with Gasteiger partial charge in [0.15, 0.2) is 0 Å². The molecule has 0 fully saturated rings. The van der Waals surface area contributed by atoms with E-state index in [-0.39, 0.29) is 12.7 Å². The van der Waals surface area contributed by atoms with Gasteiger partial charge >= 0.3 is 5.97 Å². The van der Waals surface area contributed by atoms with E-state index in [1.807, 2.05) is 43.3 Å². The van der Waals surface area contributed by atoms with E-state index in [0.717, 1.165) is 17.2 Å². The number of carbonyl (C=O) groups excluding carboxylic acids is 1. The first-order valence-electron chi connectivity index (χ1n) is 7.19. The summed E-state index contributed by atoms with van der Waals surface area (Å²) < 4.78 is 10.6. The Bertz CT molecular complexity index is 712. The molecule has 2 aromatic rings. The molecule has 0 heterocycles. The second-order valence-electron chi connectivity index (χ2n) is 4.98. The molecule has 0 radical (unpaired) electrons. The van der Waals surface area contributed by atoms with Gasteiger partial charge in [-0.25, -0.2) is 4.79 Å². The van der Waals surface area contributed by atoms with Crippen LogP contribution >= 0.6 is 0 Å². The highest BCUT2D eigenvalue weighted by Gasteiger charge is 2.07. The third-order valence-corrected chi connectivity index (χ3v) is 3.17. The number of nitriles is 1. The number of benzene rings is 2. The third-order valence-electron chi connectivity index (χ3n) is 3.17. The summed E-state index contributed by atoms with van der Waals surface area (Å²) in [6.07, 6.45) is 0.874. The highest BCUT2D eigenvalue weighted by Crippen LogP contribution is 2.23. The standard InChI is InChI=1S/C19H17NO3/c1-3-19(21)22-13-14(2)23-18-10-8-17(9-11-18)16-6-4-15(12-20)5-7-16/h3-11,14H,1,13H2,2H3. The van der Waals surface area contributed by atoms with E-state index in [1.54, 1.807) is 12.1 Å². The van der Waals surface area contributed by atoms with Gasteiger partial charge in [-0.2, -0.15) is 5.26 Å². The minimum Gasteiger partial charge on any atom is -0.487 e. The van der Waals surface area contributed by atoms with Crippen molar-refractivity contribution in [2.75, 3.05) is 6.61 Å². The van der Waals surface area contributed by atoms with Gasteiger partial charge in [0.05, 0.1) is 11.6 Å². The van der Waals surface area contributed by atoms with Gasteiger partial charge in [0.2, 0.25) is 0 Å². The molecule has 4 heteroatoms. The molecule has 0 aliphatic carbocycles. The molecule has 1 atom stereocenters. The first-order chi connectivity index (χ1) is 11.1. The van der Waals surface area contributed by atoms with Crippen LogP contribution in [0.4, 0.5) is 0 Å². The molecule has 23 heavy (non-hydrogen) atoms. The lowest BCUT2D eigenvalue weighted by Gasteiger charge is -2.14. The van der Waals surface area contributed by atoms with Crippen molar-refractivity contribution >= 4 is 5.97 Å². The van der Waals surface area contributed by atoms with Gasteiger partial charge in [-0.3, -0.25) is 0 Å². The van der Waals surface area contributed by atoms with E-state index < -0.39 is 5.97 Å². The van der Waals surface area contributed by atoms with Gasteiger partial charge in [0.1, 0.15) is 18.5 Å². The van der Waals surface area contributed by atoms with Crippen molar-refractivity contribution in [1.82, 2.24) is 0 Å². The van der Waals surface area contributed by atoms with E-state index in [1.165, 1.54) is 0 Å². The lowest BCUT2D eigenvalue weighted by molar-refractivity contribution is -0.139. The van der Waals surface area contributed by atoms with Crippen molar-refractivity contribution < 1.29 is 14.3 Å². The Hall–Kier alpha value is -3.06. The van der Waals surface area contributed by atoms with E-state index in [0.29, 0.717) is 11.3 Å². The Balaban J connectivity index is 1.97. The SMILES string of the molecule is C=CC(=O)OCC(C)Oc1ccc(-c2ccc(C#N)cc2)cc1. The van der Waals surface area contributed by atoms with E-state index in [4.69, 9.17) is 14.7 Å². The smallest absolute Gasteiger partial charge is 0.330 e. The van der Waals surface area contributed by atoms with Crippen LogP contribution in [-0.4, -0.2) is 18.7 Å². The molecule has 2 rings (SSSR count). The normalized spacial score (nSPS) is 11.1. The van der Waals surface area contributed by atoms with E-state index in [2.05, 4.69) is 12.6 Å². The molecule has 0 aromatic heterocycles. The van der Waals surface area contributed by atoms with Crippen LogP contribution in [0.5, 0.6) is 5.75 Å². The molecule has 0 N–H and O–H groups in total. The monoisotopic (exact) mass is 307 g/mol. The van der Waals surface area contributed by atoms with Crippen LogP contribution in [0.15, 0.2) is 61.2 Å². The molecule has 4 nitrogen and oxygen atoms in total. The molecule has 0 saturated carbocycles. The van der Waals surface area contributed by atoms with Crippen LogP contribution in [0, 0.1) is 11.3 Å². The Labute approximate surface area is 135 Å². The number of ether oxygens (including phenoxy) is 2. The Morgan fingerprint density at radius 1 is 1.17 bits per heavy atom. The molecule has 0 bridgehead atoms. The van der Waals surface area contributed by atoms with Crippen LogP contribution in [0.25, 0.3) is 11.1 Å². The Morgan fingerprint density at radius 2 is 1.74 bits per heavy atom. The van der Waals surface area contributed by atoms with Crippen molar-refractivity contribution in [2.24, 2.45) is 0 Å². The van der Waals surface area contributed by atoms with Gasteiger partial charge in [-0.1, -0.05) is 30.8 Å². The fourth-order valence-corrected chi connectivity index (χ4v) is 1.99. The minimum absolute atomic E-state index is 0.169. The third kappa shape index (κ3) is 4.72. The molecule has 2 aromatic carbocycles. The van der Waals surface area contributed by atoms with Gasteiger partial charge in [-0.15, -0.1) is 0 Å². The molecule has 1 unspecified atom stereocenters. The maximum Gasteiger partial charge on any atom is 0.330 e. The summed E-state index contributed by atoms with van der Waals surface area (Å²) in [6.45, 7) is 5.33. The van der Waals surface area contributed by atoms with Crippen LogP contribution < -0.4 is 4.74 Å². The summed E-state index contributed by atoms with van der Waals surface area (Å²) in [5.41, 5.74) is 2.70. The number of rotatable bonds is 6. The van der Waals surface area contributed by atoms with Gasteiger partial charge in [-0.05, 0) is 42.3 Å². The average Bonchev–Trinajstić information content (AvgIpc) is 2.60. The topological polar surface area (TPSA) is 59.3 Å². The van der Waals surface area contributed by atoms with E-state index in [9.17, 15) is 4.79 Å².